The lowest BCUT2D eigenvalue weighted by Crippen LogP contribution is -2.42. The monoisotopic (exact) mass is 370 g/mol. The molecule has 0 spiro atoms. The Labute approximate surface area is 167 Å². The second-order valence-corrected chi connectivity index (χ2v) is 7.44. The summed E-state index contributed by atoms with van der Waals surface area (Å²) in [5, 5.41) is 3.62. The van der Waals surface area contributed by atoms with Crippen LogP contribution in [0.1, 0.15) is 46.6 Å². The number of carbonyl (C=O) groups is 1. The third-order valence-corrected chi connectivity index (χ3v) is 5.51. The Morgan fingerprint density at radius 3 is 2.18 bits per heavy atom. The summed E-state index contributed by atoms with van der Waals surface area (Å²) in [4.78, 5) is 15.2. The smallest absolute Gasteiger partial charge is 0.256 e. The number of carbonyl (C=O) groups excluding carboxylic acids is 1. The van der Waals surface area contributed by atoms with E-state index >= 15 is 0 Å². The van der Waals surface area contributed by atoms with Crippen LogP contribution in [0.5, 0.6) is 0 Å². The van der Waals surface area contributed by atoms with Crippen molar-refractivity contribution < 1.29 is 4.79 Å². The highest BCUT2D eigenvalue weighted by atomic mass is 16.2. The summed E-state index contributed by atoms with van der Waals surface area (Å²) in [6.45, 7) is 2.89. The van der Waals surface area contributed by atoms with Crippen LogP contribution in [0.2, 0.25) is 0 Å². The van der Waals surface area contributed by atoms with Gasteiger partial charge >= 0.3 is 0 Å². The number of hydrogen-bond donors (Lipinski definition) is 1. The van der Waals surface area contributed by atoms with E-state index in [1.54, 1.807) is 0 Å². The molecule has 3 nitrogen and oxygen atoms in total. The molecule has 3 aromatic rings. The predicted molar refractivity (Wildman–Crippen MR) is 113 cm³/mol. The largest absolute Gasteiger partial charge is 0.316 e. The first-order valence-corrected chi connectivity index (χ1v) is 9.97. The molecular formula is C25H26N2O. The molecule has 0 unspecified atom stereocenters. The Balaban J connectivity index is 1.52. The van der Waals surface area contributed by atoms with Crippen molar-refractivity contribution in [3.63, 3.8) is 0 Å². The second-order valence-electron chi connectivity index (χ2n) is 7.44. The lowest BCUT2D eigenvalue weighted by atomic mass is 10.0. The maximum absolute atomic E-state index is 13.2. The maximum Gasteiger partial charge on any atom is 0.256 e. The van der Waals surface area contributed by atoms with Gasteiger partial charge < -0.3 is 4.90 Å². The fourth-order valence-corrected chi connectivity index (χ4v) is 3.97. The summed E-state index contributed by atoms with van der Waals surface area (Å²) in [6.07, 6.45) is 1.82. The van der Waals surface area contributed by atoms with Gasteiger partial charge in [0.05, 0.1) is 0 Å². The van der Waals surface area contributed by atoms with Crippen molar-refractivity contribution in [1.29, 1.82) is 0 Å². The van der Waals surface area contributed by atoms with E-state index in [9.17, 15) is 4.79 Å². The Kier molecular flexibility index (Phi) is 5.54. The summed E-state index contributed by atoms with van der Waals surface area (Å²) in [7, 11) is 0. The molecule has 0 saturated heterocycles. The molecule has 0 radical (unpaired) electrons. The SMILES string of the molecule is C[C@@H](CCc1ccccc1)N1C(=O)c2ccccc2[C@H]1NCc1ccccc1. The van der Waals surface area contributed by atoms with Crippen molar-refractivity contribution in [3.8, 4) is 0 Å². The second kappa shape index (κ2) is 8.41. The van der Waals surface area contributed by atoms with E-state index in [2.05, 4.69) is 54.7 Å². The Hall–Kier alpha value is -2.91. The van der Waals surface area contributed by atoms with Gasteiger partial charge in [0.1, 0.15) is 6.17 Å². The van der Waals surface area contributed by atoms with Gasteiger partial charge in [-0.3, -0.25) is 10.1 Å². The van der Waals surface area contributed by atoms with Gasteiger partial charge in [0.25, 0.3) is 5.91 Å². The first-order valence-electron chi connectivity index (χ1n) is 9.97. The van der Waals surface area contributed by atoms with Gasteiger partial charge in [0.2, 0.25) is 0 Å². The number of nitrogens with one attached hydrogen (secondary N) is 1. The van der Waals surface area contributed by atoms with Crippen molar-refractivity contribution >= 4 is 5.91 Å². The molecule has 3 aromatic carbocycles. The molecule has 0 saturated carbocycles. The average Bonchev–Trinajstić information content (AvgIpc) is 3.04. The molecule has 2 atom stereocenters. The minimum Gasteiger partial charge on any atom is -0.316 e. The molecule has 142 valence electrons. The van der Waals surface area contributed by atoms with Crippen LogP contribution in [0.3, 0.4) is 0 Å². The number of amides is 1. The lowest BCUT2D eigenvalue weighted by molar-refractivity contribution is 0.0590. The van der Waals surface area contributed by atoms with Gasteiger partial charge in [0.15, 0.2) is 0 Å². The summed E-state index contributed by atoms with van der Waals surface area (Å²) in [5.74, 6) is 0.127. The van der Waals surface area contributed by atoms with Crippen LogP contribution in [0, 0.1) is 0 Å². The third kappa shape index (κ3) is 3.85. The minimum absolute atomic E-state index is 0.0883. The molecule has 1 N–H and O–H groups in total. The fraction of sp³-hybridized carbons (Fsp3) is 0.240. The first-order chi connectivity index (χ1) is 13.7. The van der Waals surface area contributed by atoms with Crippen LogP contribution in [-0.2, 0) is 13.0 Å². The van der Waals surface area contributed by atoms with E-state index in [4.69, 9.17) is 0 Å². The third-order valence-electron chi connectivity index (χ3n) is 5.51. The van der Waals surface area contributed by atoms with Crippen LogP contribution in [0.4, 0.5) is 0 Å². The molecule has 1 heterocycles. The number of fused-ring (bicyclic) bond motifs is 1. The zero-order chi connectivity index (χ0) is 19.3. The van der Waals surface area contributed by atoms with E-state index in [1.165, 1.54) is 11.1 Å². The average molecular weight is 370 g/mol. The summed E-state index contributed by atoms with van der Waals surface area (Å²) < 4.78 is 0. The first kappa shape index (κ1) is 18.5. The van der Waals surface area contributed by atoms with Crippen molar-refractivity contribution in [2.75, 3.05) is 0 Å². The van der Waals surface area contributed by atoms with Crippen LogP contribution in [-0.4, -0.2) is 16.8 Å². The molecule has 0 aromatic heterocycles. The Morgan fingerprint density at radius 2 is 1.46 bits per heavy atom. The Bertz CT molecular complexity index is 924. The summed E-state index contributed by atoms with van der Waals surface area (Å²) >= 11 is 0. The van der Waals surface area contributed by atoms with E-state index in [0.29, 0.717) is 0 Å². The van der Waals surface area contributed by atoms with Crippen LogP contribution in [0.15, 0.2) is 84.9 Å². The number of hydrogen-bond acceptors (Lipinski definition) is 2. The van der Waals surface area contributed by atoms with Gasteiger partial charge in [-0.25, -0.2) is 0 Å². The van der Waals surface area contributed by atoms with Crippen LogP contribution < -0.4 is 5.32 Å². The highest BCUT2D eigenvalue weighted by Crippen LogP contribution is 2.34. The van der Waals surface area contributed by atoms with Gasteiger partial charge in [-0.05, 0) is 37.0 Å². The van der Waals surface area contributed by atoms with Crippen molar-refractivity contribution in [2.45, 2.75) is 38.5 Å². The maximum atomic E-state index is 13.2. The fourth-order valence-electron chi connectivity index (χ4n) is 3.97. The predicted octanol–water partition coefficient (Wildman–Crippen LogP) is 4.95. The molecule has 28 heavy (non-hydrogen) atoms. The van der Waals surface area contributed by atoms with Gasteiger partial charge in [0, 0.05) is 23.7 Å². The number of aryl methyl sites for hydroxylation is 1. The number of benzene rings is 3. The summed E-state index contributed by atoms with van der Waals surface area (Å²) in [6, 6.07) is 28.9. The van der Waals surface area contributed by atoms with Gasteiger partial charge in [-0.1, -0.05) is 78.9 Å². The standard InChI is InChI=1S/C25H26N2O/c1-19(16-17-20-10-4-2-5-11-20)27-24(26-18-21-12-6-3-7-13-21)22-14-8-9-15-23(22)25(27)28/h2-15,19,24,26H,16-18H2,1H3/t19-,24-/m0/s1. The summed E-state index contributed by atoms with van der Waals surface area (Å²) in [5.41, 5.74) is 4.43. The van der Waals surface area contributed by atoms with Crippen molar-refractivity contribution in [2.24, 2.45) is 0 Å². The quantitative estimate of drug-likeness (QED) is 0.638. The molecule has 1 amide bonds. The van der Waals surface area contributed by atoms with E-state index in [-0.39, 0.29) is 18.1 Å². The molecule has 4 rings (SSSR count). The molecular weight excluding hydrogens is 344 g/mol. The van der Waals surface area contributed by atoms with Crippen molar-refractivity contribution in [1.82, 2.24) is 10.2 Å². The van der Waals surface area contributed by atoms with Gasteiger partial charge in [-0.2, -0.15) is 0 Å². The minimum atomic E-state index is -0.0883. The van der Waals surface area contributed by atoms with Gasteiger partial charge in [-0.15, -0.1) is 0 Å². The molecule has 3 heteroatoms. The Morgan fingerprint density at radius 1 is 0.857 bits per heavy atom. The molecule has 0 aliphatic carbocycles. The van der Waals surface area contributed by atoms with Crippen LogP contribution in [0.25, 0.3) is 0 Å². The molecule has 0 fully saturated rings. The highest BCUT2D eigenvalue weighted by Gasteiger charge is 2.38. The highest BCUT2D eigenvalue weighted by molar-refractivity contribution is 5.99. The van der Waals surface area contributed by atoms with E-state index in [0.717, 1.165) is 30.5 Å². The molecule has 1 aliphatic rings. The van der Waals surface area contributed by atoms with E-state index < -0.39 is 0 Å². The molecule has 1 aliphatic heterocycles. The zero-order valence-corrected chi connectivity index (χ0v) is 16.2. The molecule has 0 bridgehead atoms. The number of nitrogens with zero attached hydrogens (tertiary/aromatic N) is 1. The van der Waals surface area contributed by atoms with Crippen molar-refractivity contribution in [3.05, 3.63) is 107 Å². The van der Waals surface area contributed by atoms with E-state index in [1.807, 2.05) is 47.4 Å². The topological polar surface area (TPSA) is 32.3 Å². The normalized spacial score (nSPS) is 16.8. The zero-order valence-electron chi connectivity index (χ0n) is 16.2. The number of rotatable bonds is 7. The van der Waals surface area contributed by atoms with Crippen LogP contribution >= 0.6 is 0 Å². The lowest BCUT2D eigenvalue weighted by Gasteiger charge is -2.32.